The second-order valence-electron chi connectivity index (χ2n) is 4.40. The molecule has 0 aromatic heterocycles. The van der Waals surface area contributed by atoms with E-state index >= 15 is 0 Å². The number of aryl methyl sites for hydroxylation is 1. The van der Waals surface area contributed by atoms with Crippen molar-refractivity contribution in [1.82, 2.24) is 5.32 Å². The second-order valence-corrected chi connectivity index (χ2v) is 4.40. The van der Waals surface area contributed by atoms with E-state index in [0.717, 1.165) is 18.5 Å². The zero-order valence-electron chi connectivity index (χ0n) is 10.7. The highest BCUT2D eigenvalue weighted by molar-refractivity contribution is 5.31. The maximum Gasteiger partial charge on any atom is 0.120 e. The molecule has 0 heterocycles. The minimum atomic E-state index is 0.353. The Morgan fingerprint density at radius 2 is 1.56 bits per heavy atom. The van der Waals surface area contributed by atoms with Gasteiger partial charge in [-0.25, -0.2) is 0 Å². The maximum atomic E-state index is 9.64. The van der Waals surface area contributed by atoms with Crippen molar-refractivity contribution >= 4 is 0 Å². The molecule has 2 aromatic carbocycles. The van der Waals surface area contributed by atoms with Gasteiger partial charge in [0, 0.05) is 18.7 Å². The van der Waals surface area contributed by atoms with Crippen LogP contribution in [0.15, 0.2) is 48.5 Å². The monoisotopic (exact) mass is 241 g/mol. The molecule has 0 unspecified atom stereocenters. The highest BCUT2D eigenvalue weighted by Gasteiger charge is 1.99. The van der Waals surface area contributed by atoms with E-state index in [2.05, 4.69) is 36.5 Å². The van der Waals surface area contributed by atoms with Crippen LogP contribution in [0.4, 0.5) is 0 Å². The number of nitrogens with one attached hydrogen (secondary N) is 1. The number of benzene rings is 2. The summed E-state index contributed by atoms with van der Waals surface area (Å²) in [6, 6.07) is 16.0. The fourth-order valence-electron chi connectivity index (χ4n) is 1.89. The molecule has 0 saturated heterocycles. The maximum absolute atomic E-state index is 9.64. The van der Waals surface area contributed by atoms with Crippen LogP contribution >= 0.6 is 0 Å². The Hall–Kier alpha value is -1.80. The summed E-state index contributed by atoms with van der Waals surface area (Å²) in [4.78, 5) is 0. The van der Waals surface area contributed by atoms with Gasteiger partial charge in [0.25, 0.3) is 0 Å². The summed E-state index contributed by atoms with van der Waals surface area (Å²) in [5.41, 5.74) is 3.56. The fraction of sp³-hybridized carbons (Fsp3) is 0.250. The molecular weight excluding hydrogens is 222 g/mol. The van der Waals surface area contributed by atoms with Gasteiger partial charge < -0.3 is 10.4 Å². The molecular formula is C16H19NO. The molecule has 2 nitrogen and oxygen atoms in total. The number of phenols is 1. The van der Waals surface area contributed by atoms with Gasteiger partial charge in [-0.1, -0.05) is 49.4 Å². The smallest absolute Gasteiger partial charge is 0.120 e. The third kappa shape index (κ3) is 3.34. The van der Waals surface area contributed by atoms with E-state index in [1.54, 1.807) is 6.07 Å². The Morgan fingerprint density at radius 3 is 2.22 bits per heavy atom. The molecule has 94 valence electrons. The second kappa shape index (κ2) is 6.22. The predicted molar refractivity (Wildman–Crippen MR) is 74.5 cm³/mol. The molecule has 0 aliphatic carbocycles. The lowest BCUT2D eigenvalue weighted by Gasteiger charge is -2.07. The third-order valence-electron chi connectivity index (χ3n) is 3.07. The van der Waals surface area contributed by atoms with Gasteiger partial charge in [0.1, 0.15) is 5.75 Å². The first kappa shape index (κ1) is 12.7. The Kier molecular flexibility index (Phi) is 4.37. The van der Waals surface area contributed by atoms with Crippen LogP contribution < -0.4 is 5.32 Å². The lowest BCUT2D eigenvalue weighted by molar-refractivity contribution is 0.464. The number of rotatable bonds is 5. The van der Waals surface area contributed by atoms with Gasteiger partial charge in [0.2, 0.25) is 0 Å². The molecule has 2 rings (SSSR count). The molecule has 0 spiro atoms. The van der Waals surface area contributed by atoms with Crippen LogP contribution in [0.2, 0.25) is 0 Å². The number of phenolic OH excluding ortho intramolecular Hbond substituents is 1. The standard InChI is InChI=1S/C16H19NO/c1-2-13-7-9-14(10-8-13)11-17-12-15-5-3-4-6-16(15)18/h3-10,17-18H,2,11-12H2,1H3. The number of para-hydroxylation sites is 1. The Labute approximate surface area is 108 Å². The molecule has 0 saturated carbocycles. The van der Waals surface area contributed by atoms with Crippen molar-refractivity contribution in [3.63, 3.8) is 0 Å². The minimum absolute atomic E-state index is 0.353. The van der Waals surface area contributed by atoms with Crippen LogP contribution in [0.3, 0.4) is 0 Å². The van der Waals surface area contributed by atoms with E-state index in [1.807, 2.05) is 18.2 Å². The Bertz CT molecular complexity index is 491. The zero-order valence-corrected chi connectivity index (χ0v) is 10.7. The van der Waals surface area contributed by atoms with Crippen LogP contribution in [0.5, 0.6) is 5.75 Å². The molecule has 2 N–H and O–H groups in total. The molecule has 0 aliphatic heterocycles. The molecule has 2 heteroatoms. The fourth-order valence-corrected chi connectivity index (χ4v) is 1.89. The molecule has 2 aromatic rings. The predicted octanol–water partition coefficient (Wildman–Crippen LogP) is 3.24. The van der Waals surface area contributed by atoms with Gasteiger partial charge in [0.15, 0.2) is 0 Å². The van der Waals surface area contributed by atoms with Crippen LogP contribution in [-0.2, 0) is 19.5 Å². The van der Waals surface area contributed by atoms with E-state index in [1.165, 1.54) is 11.1 Å². The first-order chi connectivity index (χ1) is 8.79. The third-order valence-corrected chi connectivity index (χ3v) is 3.07. The van der Waals surface area contributed by atoms with Crippen molar-refractivity contribution in [2.24, 2.45) is 0 Å². The van der Waals surface area contributed by atoms with Gasteiger partial charge in [-0.2, -0.15) is 0 Å². The number of hydrogen-bond donors (Lipinski definition) is 2. The van der Waals surface area contributed by atoms with Crippen molar-refractivity contribution in [3.05, 3.63) is 65.2 Å². The average Bonchev–Trinajstić information content (AvgIpc) is 2.42. The van der Waals surface area contributed by atoms with Crippen LogP contribution in [0, 0.1) is 0 Å². The van der Waals surface area contributed by atoms with Crippen LogP contribution in [0.25, 0.3) is 0 Å². The van der Waals surface area contributed by atoms with Gasteiger partial charge in [-0.15, -0.1) is 0 Å². The van der Waals surface area contributed by atoms with Crippen molar-refractivity contribution in [2.75, 3.05) is 0 Å². The first-order valence-electron chi connectivity index (χ1n) is 6.35. The average molecular weight is 241 g/mol. The van der Waals surface area contributed by atoms with E-state index < -0.39 is 0 Å². The summed E-state index contributed by atoms with van der Waals surface area (Å²) in [5, 5.41) is 13.0. The van der Waals surface area contributed by atoms with Gasteiger partial charge >= 0.3 is 0 Å². The van der Waals surface area contributed by atoms with Gasteiger partial charge in [-0.05, 0) is 23.6 Å². The summed E-state index contributed by atoms with van der Waals surface area (Å²) >= 11 is 0. The topological polar surface area (TPSA) is 32.3 Å². The summed E-state index contributed by atoms with van der Waals surface area (Å²) < 4.78 is 0. The Balaban J connectivity index is 1.86. The minimum Gasteiger partial charge on any atom is -0.508 e. The highest BCUT2D eigenvalue weighted by Crippen LogP contribution is 2.15. The molecule has 0 fully saturated rings. The van der Waals surface area contributed by atoms with Crippen molar-refractivity contribution in [2.45, 2.75) is 26.4 Å². The quantitative estimate of drug-likeness (QED) is 0.842. The van der Waals surface area contributed by atoms with Crippen LogP contribution in [-0.4, -0.2) is 5.11 Å². The first-order valence-corrected chi connectivity index (χ1v) is 6.35. The van der Waals surface area contributed by atoms with E-state index in [0.29, 0.717) is 12.3 Å². The largest absolute Gasteiger partial charge is 0.508 e. The normalized spacial score (nSPS) is 10.5. The molecule has 18 heavy (non-hydrogen) atoms. The summed E-state index contributed by atoms with van der Waals surface area (Å²) in [7, 11) is 0. The molecule has 0 aliphatic rings. The molecule has 0 atom stereocenters. The summed E-state index contributed by atoms with van der Waals surface area (Å²) in [6.07, 6.45) is 1.07. The SMILES string of the molecule is CCc1ccc(CNCc2ccccc2O)cc1. The number of aromatic hydroxyl groups is 1. The lowest BCUT2D eigenvalue weighted by Crippen LogP contribution is -2.12. The van der Waals surface area contributed by atoms with Crippen molar-refractivity contribution in [3.8, 4) is 5.75 Å². The van der Waals surface area contributed by atoms with Crippen LogP contribution in [0.1, 0.15) is 23.6 Å². The lowest BCUT2D eigenvalue weighted by atomic mass is 10.1. The van der Waals surface area contributed by atoms with E-state index in [4.69, 9.17) is 0 Å². The Morgan fingerprint density at radius 1 is 0.889 bits per heavy atom. The zero-order chi connectivity index (χ0) is 12.8. The number of hydrogen-bond acceptors (Lipinski definition) is 2. The van der Waals surface area contributed by atoms with E-state index in [-0.39, 0.29) is 0 Å². The van der Waals surface area contributed by atoms with Crippen molar-refractivity contribution in [1.29, 1.82) is 0 Å². The van der Waals surface area contributed by atoms with Crippen molar-refractivity contribution < 1.29 is 5.11 Å². The summed E-state index contributed by atoms with van der Waals surface area (Å²) in [5.74, 6) is 0.353. The molecule has 0 amide bonds. The molecule has 0 bridgehead atoms. The highest BCUT2D eigenvalue weighted by atomic mass is 16.3. The molecule has 0 radical (unpaired) electrons. The van der Waals surface area contributed by atoms with Gasteiger partial charge in [-0.3, -0.25) is 0 Å². The van der Waals surface area contributed by atoms with Gasteiger partial charge in [0.05, 0.1) is 0 Å². The van der Waals surface area contributed by atoms with E-state index in [9.17, 15) is 5.11 Å². The summed E-state index contributed by atoms with van der Waals surface area (Å²) in [6.45, 7) is 3.66.